The third-order valence-corrected chi connectivity index (χ3v) is 7.36. The van der Waals surface area contributed by atoms with Crippen molar-refractivity contribution >= 4 is 57.2 Å². The van der Waals surface area contributed by atoms with E-state index in [2.05, 4.69) is 39.4 Å². The second-order valence-electron chi connectivity index (χ2n) is 8.35. The third kappa shape index (κ3) is 5.32. The van der Waals surface area contributed by atoms with Gasteiger partial charge in [0.1, 0.15) is 17.9 Å². The van der Waals surface area contributed by atoms with Crippen molar-refractivity contribution in [2.45, 2.75) is 29.6 Å². The quantitative estimate of drug-likeness (QED) is 0.214. The number of amides is 1. The van der Waals surface area contributed by atoms with Crippen LogP contribution in [0.3, 0.4) is 0 Å². The first-order valence-electron chi connectivity index (χ1n) is 11.3. The number of benzene rings is 2. The van der Waals surface area contributed by atoms with Gasteiger partial charge in [-0.3, -0.25) is 4.79 Å². The standard InChI is InChI=1S/C27H23N5O2S2/c1-16(2)21-11-10-20-25(31-21)28-15-29-26(20)32-22-14-17(30-27(34)24-4-3-13-35-24)5-12-23(22)36-19-8-6-18(33)7-9-19/h3-16,33H,1-2H3,(H,30,34)(H,28,29,31,32). The number of nitrogens with zero attached hydrogens (tertiary/aromatic N) is 3. The zero-order chi connectivity index (χ0) is 25.1. The molecular weight excluding hydrogens is 490 g/mol. The zero-order valence-corrected chi connectivity index (χ0v) is 21.2. The number of thiophene rings is 1. The number of anilines is 3. The molecule has 0 fully saturated rings. The van der Waals surface area contributed by atoms with Crippen LogP contribution < -0.4 is 10.6 Å². The van der Waals surface area contributed by atoms with Crippen LogP contribution in [-0.2, 0) is 0 Å². The topological polar surface area (TPSA) is 100 Å². The fraction of sp³-hybridized carbons (Fsp3) is 0.111. The molecule has 3 aromatic heterocycles. The summed E-state index contributed by atoms with van der Waals surface area (Å²) in [6.45, 7) is 4.19. The summed E-state index contributed by atoms with van der Waals surface area (Å²) >= 11 is 2.93. The van der Waals surface area contributed by atoms with E-state index in [1.54, 1.807) is 18.2 Å². The molecule has 0 spiro atoms. The van der Waals surface area contributed by atoms with E-state index in [1.165, 1.54) is 29.4 Å². The van der Waals surface area contributed by atoms with Crippen LogP contribution in [0, 0.1) is 0 Å². The largest absolute Gasteiger partial charge is 0.508 e. The van der Waals surface area contributed by atoms with Gasteiger partial charge in [-0.15, -0.1) is 11.3 Å². The molecule has 180 valence electrons. The summed E-state index contributed by atoms with van der Waals surface area (Å²) in [6, 6.07) is 20.3. The molecule has 2 aromatic carbocycles. The van der Waals surface area contributed by atoms with Crippen molar-refractivity contribution in [2.75, 3.05) is 10.6 Å². The van der Waals surface area contributed by atoms with E-state index < -0.39 is 0 Å². The highest BCUT2D eigenvalue weighted by Gasteiger charge is 2.14. The van der Waals surface area contributed by atoms with Crippen molar-refractivity contribution in [3.8, 4) is 5.75 Å². The van der Waals surface area contributed by atoms with E-state index >= 15 is 0 Å². The van der Waals surface area contributed by atoms with Crippen LogP contribution in [0.25, 0.3) is 11.0 Å². The van der Waals surface area contributed by atoms with Gasteiger partial charge in [-0.1, -0.05) is 31.7 Å². The molecule has 1 amide bonds. The number of phenols is 1. The highest BCUT2D eigenvalue weighted by atomic mass is 32.2. The molecule has 0 aliphatic heterocycles. The van der Waals surface area contributed by atoms with Crippen molar-refractivity contribution in [1.82, 2.24) is 15.0 Å². The summed E-state index contributed by atoms with van der Waals surface area (Å²) in [7, 11) is 0. The van der Waals surface area contributed by atoms with Gasteiger partial charge in [0.05, 0.1) is 16.0 Å². The Balaban J connectivity index is 1.51. The molecule has 36 heavy (non-hydrogen) atoms. The molecule has 5 aromatic rings. The molecule has 3 N–H and O–H groups in total. The average molecular weight is 514 g/mol. The Morgan fingerprint density at radius 1 is 1.03 bits per heavy atom. The Labute approximate surface area is 216 Å². The Morgan fingerprint density at radius 2 is 1.86 bits per heavy atom. The molecule has 0 aliphatic carbocycles. The van der Waals surface area contributed by atoms with Gasteiger partial charge in [0.25, 0.3) is 5.91 Å². The second-order valence-corrected chi connectivity index (χ2v) is 10.4. The molecule has 5 rings (SSSR count). The number of rotatable bonds is 7. The van der Waals surface area contributed by atoms with Crippen molar-refractivity contribution in [1.29, 1.82) is 0 Å². The van der Waals surface area contributed by atoms with Crippen molar-refractivity contribution in [2.24, 2.45) is 0 Å². The second kappa shape index (κ2) is 10.3. The lowest BCUT2D eigenvalue weighted by atomic mass is 10.1. The minimum absolute atomic E-state index is 0.159. The predicted molar refractivity (Wildman–Crippen MR) is 146 cm³/mol. The number of aromatic nitrogens is 3. The lowest BCUT2D eigenvalue weighted by Gasteiger charge is -2.15. The van der Waals surface area contributed by atoms with Gasteiger partial charge in [-0.2, -0.15) is 0 Å². The maximum absolute atomic E-state index is 12.6. The number of hydrogen-bond acceptors (Lipinski definition) is 8. The molecule has 0 bridgehead atoms. The van der Waals surface area contributed by atoms with E-state index in [4.69, 9.17) is 0 Å². The first-order valence-corrected chi connectivity index (χ1v) is 13.0. The summed E-state index contributed by atoms with van der Waals surface area (Å²) in [6.07, 6.45) is 1.50. The Morgan fingerprint density at radius 3 is 2.61 bits per heavy atom. The third-order valence-electron chi connectivity index (χ3n) is 5.41. The summed E-state index contributed by atoms with van der Waals surface area (Å²) in [4.78, 5) is 28.7. The molecular formula is C27H23N5O2S2. The van der Waals surface area contributed by atoms with Crippen LogP contribution in [0.15, 0.2) is 88.2 Å². The number of carbonyl (C=O) groups excluding carboxylic acids is 1. The Kier molecular flexibility index (Phi) is 6.84. The summed E-state index contributed by atoms with van der Waals surface area (Å²) in [5.74, 6) is 0.965. The number of hydrogen-bond donors (Lipinski definition) is 3. The number of aromatic hydroxyl groups is 1. The summed E-state index contributed by atoms with van der Waals surface area (Å²) < 4.78 is 0. The van der Waals surface area contributed by atoms with Gasteiger partial charge in [0.2, 0.25) is 0 Å². The van der Waals surface area contributed by atoms with Gasteiger partial charge in [-0.25, -0.2) is 15.0 Å². The average Bonchev–Trinajstić information content (AvgIpc) is 3.42. The van der Waals surface area contributed by atoms with Gasteiger partial charge >= 0.3 is 0 Å². The van der Waals surface area contributed by atoms with Crippen molar-refractivity contribution in [3.05, 3.63) is 89.0 Å². The molecule has 0 atom stereocenters. The van der Waals surface area contributed by atoms with Crippen molar-refractivity contribution < 1.29 is 9.90 Å². The first kappa shape index (κ1) is 23.8. The fourth-order valence-electron chi connectivity index (χ4n) is 3.54. The van der Waals surface area contributed by atoms with Gasteiger partial charge in [0, 0.05) is 21.2 Å². The highest BCUT2D eigenvalue weighted by molar-refractivity contribution is 7.99. The molecule has 0 saturated heterocycles. The van der Waals surface area contributed by atoms with Crippen LogP contribution in [-0.4, -0.2) is 26.0 Å². The fourth-order valence-corrected chi connectivity index (χ4v) is 5.04. The molecule has 0 unspecified atom stereocenters. The van der Waals surface area contributed by atoms with Crippen LogP contribution in [0.1, 0.15) is 35.1 Å². The monoisotopic (exact) mass is 513 g/mol. The normalized spacial score (nSPS) is 11.1. The van der Waals surface area contributed by atoms with E-state index in [9.17, 15) is 9.90 Å². The predicted octanol–water partition coefficient (Wildman–Crippen LogP) is 7.06. The molecule has 9 heteroatoms. The van der Waals surface area contributed by atoms with E-state index in [1.807, 2.05) is 53.9 Å². The highest BCUT2D eigenvalue weighted by Crippen LogP contribution is 2.38. The number of phenolic OH excluding ortho intramolecular Hbond substituents is 1. The minimum Gasteiger partial charge on any atom is -0.508 e. The van der Waals surface area contributed by atoms with E-state index in [0.29, 0.717) is 22.0 Å². The number of pyridine rings is 1. The zero-order valence-electron chi connectivity index (χ0n) is 19.6. The summed E-state index contributed by atoms with van der Waals surface area (Å²) in [5.41, 5.74) is 3.01. The van der Waals surface area contributed by atoms with Crippen molar-refractivity contribution in [3.63, 3.8) is 0 Å². The van der Waals surface area contributed by atoms with Crippen LogP contribution >= 0.6 is 23.1 Å². The molecule has 0 radical (unpaired) electrons. The first-order chi connectivity index (χ1) is 17.5. The smallest absolute Gasteiger partial charge is 0.265 e. The Hall–Kier alpha value is -3.95. The maximum atomic E-state index is 12.6. The SMILES string of the molecule is CC(C)c1ccc2c(Nc3cc(NC(=O)c4cccs4)ccc3Sc3ccc(O)cc3)ncnc2n1. The van der Waals surface area contributed by atoms with Gasteiger partial charge in [0.15, 0.2) is 5.65 Å². The lowest BCUT2D eigenvalue weighted by molar-refractivity contribution is 0.103. The summed E-state index contributed by atoms with van der Waals surface area (Å²) in [5, 5.41) is 18.7. The maximum Gasteiger partial charge on any atom is 0.265 e. The Bertz CT molecular complexity index is 1520. The van der Waals surface area contributed by atoms with E-state index in [-0.39, 0.29) is 17.6 Å². The molecule has 3 heterocycles. The number of carbonyl (C=O) groups is 1. The molecule has 0 saturated carbocycles. The number of nitrogens with one attached hydrogen (secondary N) is 2. The van der Waals surface area contributed by atoms with E-state index in [0.717, 1.165) is 26.6 Å². The molecule has 0 aliphatic rings. The van der Waals surface area contributed by atoms with Crippen LogP contribution in [0.4, 0.5) is 17.2 Å². The lowest BCUT2D eigenvalue weighted by Crippen LogP contribution is -2.10. The number of fused-ring (bicyclic) bond motifs is 1. The van der Waals surface area contributed by atoms with Crippen LogP contribution in [0.2, 0.25) is 0 Å². The van der Waals surface area contributed by atoms with Crippen LogP contribution in [0.5, 0.6) is 5.75 Å². The molecule has 7 nitrogen and oxygen atoms in total. The minimum atomic E-state index is -0.159. The van der Waals surface area contributed by atoms with Gasteiger partial charge < -0.3 is 15.7 Å². The van der Waals surface area contributed by atoms with Gasteiger partial charge in [-0.05, 0) is 72.0 Å².